The van der Waals surface area contributed by atoms with Gasteiger partial charge in [-0.05, 0) is 55.5 Å². The van der Waals surface area contributed by atoms with Crippen molar-refractivity contribution in [1.82, 2.24) is 15.1 Å². The van der Waals surface area contributed by atoms with Crippen molar-refractivity contribution in [1.29, 1.82) is 0 Å². The summed E-state index contributed by atoms with van der Waals surface area (Å²) in [5.41, 5.74) is 2.09. The molecule has 1 saturated heterocycles. The van der Waals surface area contributed by atoms with Crippen LogP contribution in [0.5, 0.6) is 5.75 Å². The molecule has 1 saturated carbocycles. The molecule has 1 N–H and O–H groups in total. The molecule has 1 aliphatic heterocycles. The van der Waals surface area contributed by atoms with E-state index in [1.807, 2.05) is 53.3 Å². The van der Waals surface area contributed by atoms with Crippen LogP contribution in [-0.4, -0.2) is 41.9 Å². The SMILES string of the molecule is COc1ccc(N(C(=O)[C@H]2CNC[C@@H]2c2cnn(C)c2)C(C)C2CC2)cc1.Cl. The Morgan fingerprint density at radius 3 is 2.57 bits per heavy atom. The van der Waals surface area contributed by atoms with Crippen LogP contribution in [0.3, 0.4) is 0 Å². The maximum atomic E-state index is 13.7. The molecular weight excluding hydrogens is 376 g/mol. The van der Waals surface area contributed by atoms with E-state index < -0.39 is 0 Å². The second-order valence-electron chi connectivity index (χ2n) is 7.80. The Morgan fingerprint density at radius 1 is 1.29 bits per heavy atom. The predicted octanol–water partition coefficient (Wildman–Crippen LogP) is 2.99. The number of carbonyl (C=O) groups is 1. The molecular formula is C21H29ClN4O2. The minimum Gasteiger partial charge on any atom is -0.497 e. The summed E-state index contributed by atoms with van der Waals surface area (Å²) in [6.45, 7) is 3.71. The smallest absolute Gasteiger partial charge is 0.232 e. The van der Waals surface area contributed by atoms with Gasteiger partial charge in [0.15, 0.2) is 0 Å². The van der Waals surface area contributed by atoms with Crippen LogP contribution < -0.4 is 15.0 Å². The van der Waals surface area contributed by atoms with Gasteiger partial charge in [0.2, 0.25) is 5.91 Å². The summed E-state index contributed by atoms with van der Waals surface area (Å²) in [5.74, 6) is 1.71. The lowest BCUT2D eigenvalue weighted by molar-refractivity contribution is -0.122. The molecule has 1 aromatic heterocycles. The number of ether oxygens (including phenoxy) is 1. The van der Waals surface area contributed by atoms with Crippen LogP contribution in [0.25, 0.3) is 0 Å². The highest BCUT2D eigenvalue weighted by Crippen LogP contribution is 2.39. The number of amides is 1. The van der Waals surface area contributed by atoms with Crippen LogP contribution >= 0.6 is 12.4 Å². The first kappa shape index (κ1) is 20.7. The molecule has 1 aliphatic carbocycles. The van der Waals surface area contributed by atoms with E-state index in [2.05, 4.69) is 17.3 Å². The van der Waals surface area contributed by atoms with Crippen molar-refractivity contribution >= 4 is 24.0 Å². The number of nitrogens with one attached hydrogen (secondary N) is 1. The maximum Gasteiger partial charge on any atom is 0.232 e. The highest BCUT2D eigenvalue weighted by Gasteiger charge is 2.42. The Labute approximate surface area is 172 Å². The molecule has 1 aromatic carbocycles. The van der Waals surface area contributed by atoms with Gasteiger partial charge in [-0.1, -0.05) is 0 Å². The van der Waals surface area contributed by atoms with Gasteiger partial charge in [0.25, 0.3) is 0 Å². The van der Waals surface area contributed by atoms with Crippen molar-refractivity contribution in [2.45, 2.75) is 31.7 Å². The van der Waals surface area contributed by atoms with E-state index in [0.29, 0.717) is 12.5 Å². The summed E-state index contributed by atoms with van der Waals surface area (Å²) in [5, 5.41) is 7.72. The molecule has 0 bridgehead atoms. The van der Waals surface area contributed by atoms with Crippen LogP contribution in [0.2, 0.25) is 0 Å². The second-order valence-corrected chi connectivity index (χ2v) is 7.80. The van der Waals surface area contributed by atoms with Crippen molar-refractivity contribution < 1.29 is 9.53 Å². The fraction of sp³-hybridized carbons (Fsp3) is 0.524. The van der Waals surface area contributed by atoms with Gasteiger partial charge in [-0.25, -0.2) is 0 Å². The number of hydrogen-bond acceptors (Lipinski definition) is 4. The third-order valence-corrected chi connectivity index (χ3v) is 5.98. The number of hydrogen-bond donors (Lipinski definition) is 1. The summed E-state index contributed by atoms with van der Waals surface area (Å²) >= 11 is 0. The number of anilines is 1. The largest absolute Gasteiger partial charge is 0.497 e. The fourth-order valence-corrected chi connectivity index (χ4v) is 4.19. The molecule has 2 aromatic rings. The predicted molar refractivity (Wildman–Crippen MR) is 112 cm³/mol. The van der Waals surface area contributed by atoms with Gasteiger partial charge < -0.3 is 15.0 Å². The number of benzene rings is 1. The van der Waals surface area contributed by atoms with Gasteiger partial charge in [0.05, 0.1) is 19.2 Å². The van der Waals surface area contributed by atoms with Gasteiger partial charge >= 0.3 is 0 Å². The lowest BCUT2D eigenvalue weighted by Gasteiger charge is -2.33. The van der Waals surface area contributed by atoms with Crippen LogP contribution in [0.4, 0.5) is 5.69 Å². The molecule has 6 nitrogen and oxygen atoms in total. The number of halogens is 1. The van der Waals surface area contributed by atoms with Crippen LogP contribution in [0.15, 0.2) is 36.7 Å². The third-order valence-electron chi connectivity index (χ3n) is 5.98. The molecule has 0 radical (unpaired) electrons. The van der Waals surface area contributed by atoms with Gasteiger partial charge in [-0.3, -0.25) is 9.48 Å². The zero-order valence-corrected chi connectivity index (χ0v) is 17.5. The maximum absolute atomic E-state index is 13.7. The van der Waals surface area contributed by atoms with Crippen LogP contribution in [0, 0.1) is 11.8 Å². The summed E-state index contributed by atoms with van der Waals surface area (Å²) in [6.07, 6.45) is 6.33. The first-order valence-electron chi connectivity index (χ1n) is 9.75. The average Bonchev–Trinajstić information content (AvgIpc) is 3.26. The number of aryl methyl sites for hydroxylation is 1. The van der Waals surface area contributed by atoms with Crippen molar-refractivity contribution in [3.8, 4) is 5.75 Å². The van der Waals surface area contributed by atoms with E-state index in [1.165, 1.54) is 12.8 Å². The fourth-order valence-electron chi connectivity index (χ4n) is 4.19. The second kappa shape index (κ2) is 8.53. The number of aromatic nitrogens is 2. The molecule has 7 heteroatoms. The quantitative estimate of drug-likeness (QED) is 0.804. The minimum absolute atomic E-state index is 0. The first-order valence-corrected chi connectivity index (χ1v) is 9.75. The normalized spacial score (nSPS) is 22.4. The molecule has 2 aliphatic rings. The Kier molecular flexibility index (Phi) is 6.30. The van der Waals surface area contributed by atoms with E-state index in [4.69, 9.17) is 4.74 Å². The van der Waals surface area contributed by atoms with E-state index in [0.717, 1.165) is 23.5 Å². The van der Waals surface area contributed by atoms with Gasteiger partial charge in [0, 0.05) is 44.0 Å². The Morgan fingerprint density at radius 2 is 2.00 bits per heavy atom. The van der Waals surface area contributed by atoms with E-state index in [1.54, 1.807) is 7.11 Å². The molecule has 2 heterocycles. The lowest BCUT2D eigenvalue weighted by Crippen LogP contribution is -2.45. The number of carbonyl (C=O) groups excluding carboxylic acids is 1. The molecule has 4 rings (SSSR count). The van der Waals surface area contributed by atoms with Crippen molar-refractivity contribution in [3.63, 3.8) is 0 Å². The highest BCUT2D eigenvalue weighted by atomic mass is 35.5. The topological polar surface area (TPSA) is 59.4 Å². The van der Waals surface area contributed by atoms with Gasteiger partial charge in [-0.15, -0.1) is 12.4 Å². The van der Waals surface area contributed by atoms with E-state index >= 15 is 0 Å². The van der Waals surface area contributed by atoms with E-state index in [9.17, 15) is 4.79 Å². The zero-order chi connectivity index (χ0) is 19.0. The molecule has 3 atom stereocenters. The summed E-state index contributed by atoms with van der Waals surface area (Å²) < 4.78 is 7.09. The lowest BCUT2D eigenvalue weighted by atomic mass is 9.89. The molecule has 28 heavy (non-hydrogen) atoms. The van der Waals surface area contributed by atoms with Crippen LogP contribution in [0.1, 0.15) is 31.2 Å². The van der Waals surface area contributed by atoms with Crippen molar-refractivity contribution in [2.24, 2.45) is 18.9 Å². The van der Waals surface area contributed by atoms with Gasteiger partial charge in [-0.2, -0.15) is 5.10 Å². The molecule has 1 unspecified atom stereocenters. The Balaban J connectivity index is 0.00000225. The number of rotatable bonds is 6. The number of methoxy groups -OCH3 is 1. The zero-order valence-electron chi connectivity index (χ0n) is 16.7. The summed E-state index contributed by atoms with van der Waals surface area (Å²) in [6, 6.07) is 8.07. The van der Waals surface area contributed by atoms with E-state index in [-0.39, 0.29) is 36.2 Å². The third kappa shape index (κ3) is 4.03. The van der Waals surface area contributed by atoms with Crippen LogP contribution in [-0.2, 0) is 11.8 Å². The standard InChI is InChI=1S/C21H28N4O2.ClH/c1-14(15-4-5-15)25(17-6-8-18(27-3)9-7-17)21(26)20-12-22-11-19(20)16-10-23-24(2)13-16;/h6-10,13-15,19-20,22H,4-5,11-12H2,1-3H3;1H/t14?,19-,20+;/m1./s1. The van der Waals surface area contributed by atoms with Crippen molar-refractivity contribution in [3.05, 3.63) is 42.2 Å². The number of nitrogens with zero attached hydrogens (tertiary/aromatic N) is 3. The summed E-state index contributed by atoms with van der Waals surface area (Å²) in [7, 11) is 3.58. The Bertz CT molecular complexity index is 803. The molecule has 2 fully saturated rings. The highest BCUT2D eigenvalue weighted by molar-refractivity contribution is 5.96. The molecule has 1 amide bonds. The first-order chi connectivity index (χ1) is 13.1. The Hall–Kier alpha value is -2.05. The summed E-state index contributed by atoms with van der Waals surface area (Å²) in [4.78, 5) is 15.7. The minimum atomic E-state index is -0.0718. The van der Waals surface area contributed by atoms with Crippen molar-refractivity contribution in [2.75, 3.05) is 25.1 Å². The molecule has 0 spiro atoms. The monoisotopic (exact) mass is 404 g/mol. The van der Waals surface area contributed by atoms with Gasteiger partial charge in [0.1, 0.15) is 5.75 Å². The molecule has 152 valence electrons. The average molecular weight is 405 g/mol.